The minimum Gasteiger partial charge on any atom is -0.397 e. The molecule has 2 rings (SSSR count). The Morgan fingerprint density at radius 3 is 2.45 bits per heavy atom. The van der Waals surface area contributed by atoms with E-state index in [9.17, 15) is 4.79 Å². The van der Waals surface area contributed by atoms with Crippen molar-refractivity contribution < 1.29 is 4.79 Å². The second-order valence-corrected chi connectivity index (χ2v) is 6.61. The van der Waals surface area contributed by atoms with Gasteiger partial charge < -0.3 is 16.4 Å². The van der Waals surface area contributed by atoms with Crippen molar-refractivity contribution >= 4 is 17.3 Å². The lowest BCUT2D eigenvalue weighted by atomic mass is 9.75. The summed E-state index contributed by atoms with van der Waals surface area (Å²) in [5, 5.41) is 0. The van der Waals surface area contributed by atoms with E-state index in [1.54, 1.807) is 12.1 Å². The molecule has 1 aromatic rings. The van der Waals surface area contributed by atoms with Crippen LogP contribution in [0.3, 0.4) is 0 Å². The highest BCUT2D eigenvalue weighted by molar-refractivity contribution is 6.01. The SMILES string of the molecule is CN(c1c(N)cccc1C(N)=O)C1CCC(C)(C)CC1. The van der Waals surface area contributed by atoms with Crippen molar-refractivity contribution in [3.63, 3.8) is 0 Å². The van der Waals surface area contributed by atoms with Crippen molar-refractivity contribution in [1.82, 2.24) is 0 Å². The summed E-state index contributed by atoms with van der Waals surface area (Å²) in [6.45, 7) is 4.63. The summed E-state index contributed by atoms with van der Waals surface area (Å²) in [6, 6.07) is 5.77. The van der Waals surface area contributed by atoms with Gasteiger partial charge in [-0.2, -0.15) is 0 Å². The van der Waals surface area contributed by atoms with Gasteiger partial charge in [-0.1, -0.05) is 19.9 Å². The maximum absolute atomic E-state index is 11.6. The van der Waals surface area contributed by atoms with E-state index in [1.165, 1.54) is 12.8 Å². The Hall–Kier alpha value is -1.71. The highest BCUT2D eigenvalue weighted by atomic mass is 16.1. The number of carbonyl (C=O) groups is 1. The number of para-hydroxylation sites is 1. The molecule has 0 aromatic heterocycles. The molecule has 0 aliphatic heterocycles. The van der Waals surface area contributed by atoms with Crippen molar-refractivity contribution in [2.75, 3.05) is 17.7 Å². The Labute approximate surface area is 121 Å². The second-order valence-electron chi connectivity index (χ2n) is 6.61. The van der Waals surface area contributed by atoms with Crippen LogP contribution in [0.5, 0.6) is 0 Å². The van der Waals surface area contributed by atoms with Crippen LogP contribution in [-0.2, 0) is 0 Å². The summed E-state index contributed by atoms with van der Waals surface area (Å²) in [5.74, 6) is -0.421. The Morgan fingerprint density at radius 1 is 1.30 bits per heavy atom. The molecule has 4 N–H and O–H groups in total. The smallest absolute Gasteiger partial charge is 0.250 e. The van der Waals surface area contributed by atoms with Gasteiger partial charge in [-0.25, -0.2) is 0 Å². The molecule has 0 bridgehead atoms. The number of nitrogens with two attached hydrogens (primary N) is 2. The molecular weight excluding hydrogens is 250 g/mol. The van der Waals surface area contributed by atoms with E-state index in [1.807, 2.05) is 13.1 Å². The number of benzene rings is 1. The lowest BCUT2D eigenvalue weighted by Crippen LogP contribution is -2.38. The molecule has 1 aliphatic rings. The third kappa shape index (κ3) is 2.89. The van der Waals surface area contributed by atoms with E-state index in [-0.39, 0.29) is 0 Å². The molecule has 0 atom stereocenters. The molecule has 4 heteroatoms. The maximum Gasteiger partial charge on any atom is 0.250 e. The fourth-order valence-corrected chi connectivity index (χ4v) is 3.11. The van der Waals surface area contributed by atoms with Crippen molar-refractivity contribution in [2.45, 2.75) is 45.6 Å². The normalized spacial score (nSPS) is 18.8. The zero-order valence-corrected chi connectivity index (χ0v) is 12.6. The molecule has 20 heavy (non-hydrogen) atoms. The zero-order chi connectivity index (χ0) is 14.9. The Kier molecular flexibility index (Phi) is 3.93. The van der Waals surface area contributed by atoms with Gasteiger partial charge in [0.05, 0.1) is 16.9 Å². The number of nitrogens with zero attached hydrogens (tertiary/aromatic N) is 1. The first-order valence-corrected chi connectivity index (χ1v) is 7.23. The predicted molar refractivity (Wildman–Crippen MR) is 83.8 cm³/mol. The summed E-state index contributed by atoms with van der Waals surface area (Å²) >= 11 is 0. The first kappa shape index (κ1) is 14.7. The molecule has 1 aromatic carbocycles. The van der Waals surface area contributed by atoms with Gasteiger partial charge in [0.15, 0.2) is 0 Å². The van der Waals surface area contributed by atoms with Gasteiger partial charge >= 0.3 is 0 Å². The van der Waals surface area contributed by atoms with Crippen LogP contribution in [0.2, 0.25) is 0 Å². The third-order valence-corrected chi connectivity index (χ3v) is 4.54. The van der Waals surface area contributed by atoms with E-state index < -0.39 is 5.91 Å². The quantitative estimate of drug-likeness (QED) is 0.833. The molecule has 0 heterocycles. The minimum atomic E-state index is -0.421. The molecule has 0 spiro atoms. The molecule has 0 saturated heterocycles. The Bertz CT molecular complexity index is 500. The van der Waals surface area contributed by atoms with Crippen LogP contribution >= 0.6 is 0 Å². The largest absolute Gasteiger partial charge is 0.397 e. The van der Waals surface area contributed by atoms with Gasteiger partial charge in [-0.15, -0.1) is 0 Å². The lowest BCUT2D eigenvalue weighted by Gasteiger charge is -2.40. The molecule has 4 nitrogen and oxygen atoms in total. The van der Waals surface area contributed by atoms with Gasteiger partial charge in [0.2, 0.25) is 0 Å². The highest BCUT2D eigenvalue weighted by Gasteiger charge is 2.30. The fraction of sp³-hybridized carbons (Fsp3) is 0.562. The highest BCUT2D eigenvalue weighted by Crippen LogP contribution is 2.39. The molecule has 0 unspecified atom stereocenters. The monoisotopic (exact) mass is 275 g/mol. The van der Waals surface area contributed by atoms with E-state index in [0.717, 1.165) is 18.5 Å². The Morgan fingerprint density at radius 2 is 1.90 bits per heavy atom. The van der Waals surface area contributed by atoms with Crippen LogP contribution in [-0.4, -0.2) is 19.0 Å². The van der Waals surface area contributed by atoms with E-state index in [4.69, 9.17) is 11.5 Å². The predicted octanol–water partition coefficient (Wildman–Crippen LogP) is 2.77. The van der Waals surface area contributed by atoms with Crippen LogP contribution in [0.15, 0.2) is 18.2 Å². The van der Waals surface area contributed by atoms with Crippen molar-refractivity contribution in [3.8, 4) is 0 Å². The Balaban J connectivity index is 2.26. The number of hydrogen-bond acceptors (Lipinski definition) is 3. The van der Waals surface area contributed by atoms with Gasteiger partial charge in [0.25, 0.3) is 5.91 Å². The average Bonchev–Trinajstić information content (AvgIpc) is 2.37. The third-order valence-electron chi connectivity index (χ3n) is 4.54. The number of anilines is 2. The van der Waals surface area contributed by atoms with Crippen LogP contribution in [0.25, 0.3) is 0 Å². The van der Waals surface area contributed by atoms with E-state index >= 15 is 0 Å². The number of nitrogen functional groups attached to an aromatic ring is 1. The summed E-state index contributed by atoms with van der Waals surface area (Å²) in [4.78, 5) is 13.7. The number of rotatable bonds is 3. The van der Waals surface area contributed by atoms with Gasteiger partial charge in [-0.3, -0.25) is 4.79 Å². The number of amides is 1. The summed E-state index contributed by atoms with van der Waals surface area (Å²) in [7, 11) is 2.02. The molecule has 1 amide bonds. The van der Waals surface area contributed by atoms with Gasteiger partial charge in [0.1, 0.15) is 0 Å². The van der Waals surface area contributed by atoms with Crippen LogP contribution in [0.4, 0.5) is 11.4 Å². The zero-order valence-electron chi connectivity index (χ0n) is 12.6. The lowest BCUT2D eigenvalue weighted by molar-refractivity contribution is 0.100. The molecular formula is C16H25N3O. The minimum absolute atomic E-state index is 0.421. The van der Waals surface area contributed by atoms with Crippen molar-refractivity contribution in [1.29, 1.82) is 0 Å². The second kappa shape index (κ2) is 5.35. The van der Waals surface area contributed by atoms with Gasteiger partial charge in [-0.05, 0) is 43.2 Å². The van der Waals surface area contributed by atoms with Crippen molar-refractivity contribution in [2.24, 2.45) is 11.1 Å². The molecule has 110 valence electrons. The first-order chi connectivity index (χ1) is 9.32. The van der Waals surface area contributed by atoms with Crippen molar-refractivity contribution in [3.05, 3.63) is 23.8 Å². The number of hydrogen-bond donors (Lipinski definition) is 2. The van der Waals surface area contributed by atoms with Crippen LogP contribution < -0.4 is 16.4 Å². The molecule has 1 saturated carbocycles. The molecule has 0 radical (unpaired) electrons. The average molecular weight is 275 g/mol. The van der Waals surface area contributed by atoms with E-state index in [2.05, 4.69) is 18.7 Å². The summed E-state index contributed by atoms with van der Waals surface area (Å²) in [6.07, 6.45) is 4.63. The van der Waals surface area contributed by atoms with Crippen LogP contribution in [0, 0.1) is 5.41 Å². The maximum atomic E-state index is 11.6. The number of primary amides is 1. The first-order valence-electron chi connectivity index (χ1n) is 7.23. The van der Waals surface area contributed by atoms with E-state index in [0.29, 0.717) is 22.7 Å². The summed E-state index contributed by atoms with van der Waals surface area (Å²) in [5.41, 5.74) is 13.9. The number of carbonyl (C=O) groups excluding carboxylic acids is 1. The molecule has 1 aliphatic carbocycles. The summed E-state index contributed by atoms with van der Waals surface area (Å²) < 4.78 is 0. The standard InChI is InChI=1S/C16H25N3O/c1-16(2)9-7-11(8-10-16)19(3)14-12(15(18)20)5-4-6-13(14)17/h4-6,11H,7-10,17H2,1-3H3,(H2,18,20). The molecule has 1 fully saturated rings. The topological polar surface area (TPSA) is 72.3 Å². The van der Waals surface area contributed by atoms with Crippen LogP contribution in [0.1, 0.15) is 49.9 Å². The fourth-order valence-electron chi connectivity index (χ4n) is 3.11. The van der Waals surface area contributed by atoms with Gasteiger partial charge in [0, 0.05) is 13.1 Å².